The lowest BCUT2D eigenvalue weighted by Gasteiger charge is -2.24. The van der Waals surface area contributed by atoms with Crippen molar-refractivity contribution in [1.82, 2.24) is 5.32 Å². The van der Waals surface area contributed by atoms with E-state index in [9.17, 15) is 0 Å². The van der Waals surface area contributed by atoms with Gasteiger partial charge in [0.1, 0.15) is 0 Å². The average molecular weight is 397 g/mol. The zero-order valence-corrected chi connectivity index (χ0v) is 15.0. The summed E-state index contributed by atoms with van der Waals surface area (Å²) in [6, 6.07) is 8.69. The van der Waals surface area contributed by atoms with Crippen molar-refractivity contribution in [3.05, 3.63) is 29.8 Å². The molecule has 2 fully saturated rings. The molecule has 1 aromatic carbocycles. The van der Waals surface area contributed by atoms with Gasteiger partial charge in [-0.1, -0.05) is 18.2 Å². The number of benzene rings is 1. The largest absolute Gasteiger partial charge is 0.355 e. The summed E-state index contributed by atoms with van der Waals surface area (Å²) in [5.41, 5.74) is 3.39. The smallest absolute Gasteiger partial charge is 0.198 e. The van der Waals surface area contributed by atoms with E-state index < -0.39 is 0 Å². The first-order valence-corrected chi connectivity index (χ1v) is 7.88. The van der Waals surface area contributed by atoms with E-state index in [4.69, 9.17) is 0 Å². The molecule has 3 aliphatic rings. The maximum atomic E-state index is 4.51. The number of rotatable bonds is 3. The van der Waals surface area contributed by atoms with Crippen molar-refractivity contribution in [2.24, 2.45) is 16.3 Å². The fourth-order valence-corrected chi connectivity index (χ4v) is 3.69. The number of hydrogen-bond donors (Lipinski definition) is 1. The molecule has 4 rings (SSSR count). The average Bonchev–Trinajstić information content (AvgIpc) is 3.37. The summed E-state index contributed by atoms with van der Waals surface area (Å²) in [6.45, 7) is 2.17. The summed E-state index contributed by atoms with van der Waals surface area (Å²) in [7, 11) is 1.90. The summed E-state index contributed by atoms with van der Waals surface area (Å²) in [5.74, 6) is 2.06. The van der Waals surface area contributed by atoms with Gasteiger partial charge in [-0.3, -0.25) is 4.99 Å². The first-order valence-electron chi connectivity index (χ1n) is 7.88. The van der Waals surface area contributed by atoms with E-state index in [1.165, 1.54) is 36.9 Å². The fraction of sp³-hybridized carbons (Fsp3) is 0.588. The SMILES string of the molecule is CN=C(NCC1(C2CC2)CC1)N1CCc2ccccc21.I. The van der Waals surface area contributed by atoms with Gasteiger partial charge in [0, 0.05) is 25.8 Å². The fourth-order valence-electron chi connectivity index (χ4n) is 3.69. The van der Waals surface area contributed by atoms with Gasteiger partial charge in [0.2, 0.25) is 0 Å². The number of nitrogens with one attached hydrogen (secondary N) is 1. The number of guanidine groups is 1. The van der Waals surface area contributed by atoms with Crippen molar-refractivity contribution in [2.45, 2.75) is 32.1 Å². The number of anilines is 1. The first kappa shape index (κ1) is 15.1. The van der Waals surface area contributed by atoms with E-state index in [0.717, 1.165) is 31.4 Å². The van der Waals surface area contributed by atoms with Crippen molar-refractivity contribution in [3.63, 3.8) is 0 Å². The van der Waals surface area contributed by atoms with Crippen molar-refractivity contribution in [1.29, 1.82) is 0 Å². The van der Waals surface area contributed by atoms with Crippen molar-refractivity contribution in [3.8, 4) is 0 Å². The van der Waals surface area contributed by atoms with Gasteiger partial charge in [-0.15, -0.1) is 24.0 Å². The minimum atomic E-state index is 0. The van der Waals surface area contributed by atoms with Gasteiger partial charge in [-0.2, -0.15) is 0 Å². The van der Waals surface area contributed by atoms with Crippen LogP contribution in [-0.4, -0.2) is 26.1 Å². The van der Waals surface area contributed by atoms with Crippen LogP contribution in [0.3, 0.4) is 0 Å². The van der Waals surface area contributed by atoms with Crippen molar-refractivity contribution >= 4 is 35.6 Å². The molecule has 0 unspecified atom stereocenters. The highest BCUT2D eigenvalue weighted by atomic mass is 127. The zero-order valence-electron chi connectivity index (χ0n) is 12.6. The van der Waals surface area contributed by atoms with Crippen LogP contribution >= 0.6 is 24.0 Å². The molecule has 0 spiro atoms. The predicted octanol–water partition coefficient (Wildman–Crippen LogP) is 3.43. The highest BCUT2D eigenvalue weighted by molar-refractivity contribution is 14.0. The van der Waals surface area contributed by atoms with E-state index in [0.29, 0.717) is 5.41 Å². The molecule has 1 aromatic rings. The van der Waals surface area contributed by atoms with Crippen LogP contribution in [0.15, 0.2) is 29.3 Å². The van der Waals surface area contributed by atoms with Gasteiger partial charge in [0.15, 0.2) is 5.96 Å². The third-order valence-electron chi connectivity index (χ3n) is 5.29. The Bertz CT molecular complexity index is 547. The molecule has 0 saturated heterocycles. The van der Waals surface area contributed by atoms with Gasteiger partial charge in [0.25, 0.3) is 0 Å². The molecule has 0 bridgehead atoms. The van der Waals surface area contributed by atoms with E-state index in [-0.39, 0.29) is 24.0 Å². The molecule has 0 radical (unpaired) electrons. The van der Waals surface area contributed by atoms with Crippen LogP contribution in [0.1, 0.15) is 31.2 Å². The van der Waals surface area contributed by atoms with Crippen LogP contribution in [0.2, 0.25) is 0 Å². The highest BCUT2D eigenvalue weighted by Gasteiger charge is 2.53. The molecule has 0 atom stereocenters. The number of halogens is 1. The predicted molar refractivity (Wildman–Crippen MR) is 98.7 cm³/mol. The number of hydrogen-bond acceptors (Lipinski definition) is 1. The summed E-state index contributed by atoms with van der Waals surface area (Å²) in [5, 5.41) is 3.65. The number of aliphatic imine (C=N–C) groups is 1. The normalized spacial score (nSPS) is 22.5. The molecule has 21 heavy (non-hydrogen) atoms. The molecule has 1 N–H and O–H groups in total. The molecule has 1 aliphatic heterocycles. The quantitative estimate of drug-likeness (QED) is 0.481. The Morgan fingerprint density at radius 1 is 1.33 bits per heavy atom. The maximum Gasteiger partial charge on any atom is 0.198 e. The molecule has 114 valence electrons. The van der Waals surface area contributed by atoms with Gasteiger partial charge in [-0.05, 0) is 55.1 Å². The Hall–Kier alpha value is -0.780. The Kier molecular flexibility index (Phi) is 4.17. The standard InChI is InChI=1S/C17H23N3.HI/c1-18-16(19-12-17(9-10-17)14-6-7-14)20-11-8-13-4-2-3-5-15(13)20;/h2-5,14H,6-12H2,1H3,(H,18,19);1H. The Labute approximate surface area is 144 Å². The summed E-state index contributed by atoms with van der Waals surface area (Å²) >= 11 is 0. The second kappa shape index (κ2) is 5.78. The minimum absolute atomic E-state index is 0. The molecular formula is C17H24IN3. The van der Waals surface area contributed by atoms with Crippen LogP contribution in [-0.2, 0) is 6.42 Å². The topological polar surface area (TPSA) is 27.6 Å². The first-order chi connectivity index (χ1) is 9.82. The molecule has 4 heteroatoms. The second-order valence-corrected chi connectivity index (χ2v) is 6.57. The van der Waals surface area contributed by atoms with Gasteiger partial charge < -0.3 is 10.2 Å². The van der Waals surface area contributed by atoms with Gasteiger partial charge in [-0.25, -0.2) is 0 Å². The van der Waals surface area contributed by atoms with Crippen LogP contribution in [0.5, 0.6) is 0 Å². The minimum Gasteiger partial charge on any atom is -0.355 e. The third-order valence-corrected chi connectivity index (χ3v) is 5.29. The monoisotopic (exact) mass is 397 g/mol. The Balaban J connectivity index is 0.00000132. The van der Waals surface area contributed by atoms with Crippen LogP contribution < -0.4 is 10.2 Å². The molecule has 0 aromatic heterocycles. The highest BCUT2D eigenvalue weighted by Crippen LogP contribution is 2.60. The van der Waals surface area contributed by atoms with E-state index >= 15 is 0 Å². The molecule has 0 amide bonds. The molecule has 2 aliphatic carbocycles. The maximum absolute atomic E-state index is 4.51. The van der Waals surface area contributed by atoms with Crippen molar-refractivity contribution in [2.75, 3.05) is 25.0 Å². The molecule has 2 saturated carbocycles. The zero-order chi connectivity index (χ0) is 13.6. The van der Waals surface area contributed by atoms with E-state index in [1.54, 1.807) is 0 Å². The summed E-state index contributed by atoms with van der Waals surface area (Å²) in [6.07, 6.45) is 6.86. The van der Waals surface area contributed by atoms with Crippen LogP contribution in [0, 0.1) is 11.3 Å². The second-order valence-electron chi connectivity index (χ2n) is 6.57. The molecular weight excluding hydrogens is 373 g/mol. The number of nitrogens with zero attached hydrogens (tertiary/aromatic N) is 2. The summed E-state index contributed by atoms with van der Waals surface area (Å²) < 4.78 is 0. The molecule has 3 nitrogen and oxygen atoms in total. The lowest BCUT2D eigenvalue weighted by molar-refractivity contribution is 0.432. The van der Waals surface area contributed by atoms with Gasteiger partial charge >= 0.3 is 0 Å². The van der Waals surface area contributed by atoms with Crippen LogP contribution in [0.25, 0.3) is 0 Å². The van der Waals surface area contributed by atoms with Crippen LogP contribution in [0.4, 0.5) is 5.69 Å². The van der Waals surface area contributed by atoms with E-state index in [1.807, 2.05) is 7.05 Å². The number of para-hydroxylation sites is 1. The summed E-state index contributed by atoms with van der Waals surface area (Å²) in [4.78, 5) is 6.86. The van der Waals surface area contributed by atoms with Gasteiger partial charge in [0.05, 0.1) is 0 Å². The number of fused-ring (bicyclic) bond motifs is 1. The molecule has 1 heterocycles. The third kappa shape index (κ3) is 2.79. The Morgan fingerprint density at radius 3 is 2.76 bits per heavy atom. The lowest BCUT2D eigenvalue weighted by atomic mass is 10.0. The Morgan fingerprint density at radius 2 is 2.10 bits per heavy atom. The van der Waals surface area contributed by atoms with E-state index in [2.05, 4.69) is 39.5 Å². The lowest BCUT2D eigenvalue weighted by Crippen LogP contribution is -2.43. The van der Waals surface area contributed by atoms with Crippen molar-refractivity contribution < 1.29 is 0 Å².